The highest BCUT2D eigenvalue weighted by Gasteiger charge is 2.64. The van der Waals surface area contributed by atoms with Crippen LogP contribution >= 0.6 is 0 Å². The zero-order chi connectivity index (χ0) is 36.4. The predicted molar refractivity (Wildman–Crippen MR) is 219 cm³/mol. The number of hydrogen-bond donors (Lipinski definition) is 3. The normalized spacial score (nSPS) is 33.9. The van der Waals surface area contributed by atoms with E-state index in [-0.39, 0.29) is 0 Å². The lowest BCUT2D eigenvalue weighted by Crippen LogP contribution is -2.59. The van der Waals surface area contributed by atoms with Gasteiger partial charge in [-0.25, -0.2) is 0 Å². The molecule has 0 spiro atoms. The van der Waals surface area contributed by atoms with Crippen LogP contribution in [0.15, 0.2) is 0 Å². The first-order chi connectivity index (χ1) is 24.9. The molecule has 3 unspecified atom stereocenters. The first-order valence-electron chi connectivity index (χ1n) is 23.2. The van der Waals surface area contributed by atoms with Gasteiger partial charge in [0, 0.05) is 13.2 Å². The lowest BCUT2D eigenvalue weighted by Gasteiger charge is -2.63. The van der Waals surface area contributed by atoms with Gasteiger partial charge in [-0.1, -0.05) is 111 Å². The minimum Gasteiger partial charge on any atom is -0.378 e. The Balaban J connectivity index is 1.16. The number of nitrogens with two attached hydrogens (primary N) is 2. The van der Waals surface area contributed by atoms with E-state index in [2.05, 4.69) is 33.0 Å². The Bertz CT molecular complexity index is 902. The molecule has 4 aliphatic rings. The third kappa shape index (κ3) is 12.4. The summed E-state index contributed by atoms with van der Waals surface area (Å²) < 4.78 is 13.3. The van der Waals surface area contributed by atoms with Gasteiger partial charge < -0.3 is 26.3 Å². The Morgan fingerprint density at radius 1 is 0.647 bits per heavy atom. The van der Waals surface area contributed by atoms with Crippen molar-refractivity contribution in [3.8, 4) is 0 Å². The molecule has 0 heterocycles. The first-order valence-corrected chi connectivity index (χ1v) is 23.2. The molecule has 4 rings (SSSR count). The zero-order valence-electron chi connectivity index (χ0n) is 34.7. The number of rotatable bonds is 28. The van der Waals surface area contributed by atoms with E-state index in [1.807, 2.05) is 0 Å². The number of fused-ring (bicyclic) bond motifs is 5. The molecular formula is C46H89N3O2. The van der Waals surface area contributed by atoms with E-state index in [0.29, 0.717) is 23.0 Å². The fourth-order valence-corrected chi connectivity index (χ4v) is 12.5. The van der Waals surface area contributed by atoms with Gasteiger partial charge in [0.25, 0.3) is 0 Å². The maximum absolute atomic E-state index is 6.99. The molecule has 0 amide bonds. The van der Waals surface area contributed by atoms with Gasteiger partial charge in [-0.2, -0.15) is 0 Å². The van der Waals surface area contributed by atoms with Crippen molar-refractivity contribution >= 4 is 0 Å². The maximum Gasteiger partial charge on any atom is 0.0637 e. The van der Waals surface area contributed by atoms with Gasteiger partial charge in [0.1, 0.15) is 0 Å². The summed E-state index contributed by atoms with van der Waals surface area (Å²) in [4.78, 5) is 0. The zero-order valence-corrected chi connectivity index (χ0v) is 34.7. The molecule has 10 atom stereocenters. The fraction of sp³-hybridized carbons (Fsp3) is 1.00. The van der Waals surface area contributed by atoms with E-state index in [4.69, 9.17) is 20.9 Å². The van der Waals surface area contributed by atoms with Gasteiger partial charge in [0.05, 0.1) is 12.2 Å². The molecule has 5 N–H and O–H groups in total. The van der Waals surface area contributed by atoms with Crippen LogP contribution in [0.5, 0.6) is 0 Å². The van der Waals surface area contributed by atoms with Crippen LogP contribution in [0, 0.1) is 46.3 Å². The number of unbranched alkanes of at least 4 members (excludes halogenated alkanes) is 13. The molecule has 4 saturated carbocycles. The molecule has 300 valence electrons. The highest BCUT2D eigenvalue weighted by atomic mass is 16.5. The number of ether oxygens (including phenoxy) is 2. The molecular weight excluding hydrogens is 627 g/mol. The second kappa shape index (κ2) is 23.7. The molecule has 5 nitrogen and oxygen atoms in total. The van der Waals surface area contributed by atoms with Gasteiger partial charge in [-0.05, 0) is 156 Å². The summed E-state index contributed by atoms with van der Waals surface area (Å²) in [6.45, 7) is 15.8. The van der Waals surface area contributed by atoms with Crippen LogP contribution in [-0.4, -0.2) is 51.6 Å². The van der Waals surface area contributed by atoms with Crippen LogP contribution in [0.4, 0.5) is 0 Å². The van der Waals surface area contributed by atoms with E-state index in [9.17, 15) is 0 Å². The summed E-state index contributed by atoms with van der Waals surface area (Å²) in [6, 6.07) is 0. The standard InChI is InChI=1S/C46H89N3O2/c1-5-6-7-8-9-10-11-12-13-14-15-16-17-18-31-49-32-19-22-37(2)41-25-26-42-40-24-23-38-35-39(50-33-20-29-47)27-28-45(38,3)43(40)36-44(46(41,42)4)51-34-21-30-48/h37-44,49H,5-36,47-48H2,1-4H3/t37-,38?,39-,40?,41-,42+,43+,44+,45?,46-/m1/s1. The highest BCUT2D eigenvalue weighted by molar-refractivity contribution is 5.13. The van der Waals surface area contributed by atoms with E-state index in [1.165, 1.54) is 167 Å². The molecule has 0 aromatic rings. The third-order valence-corrected chi connectivity index (χ3v) is 15.5. The summed E-state index contributed by atoms with van der Waals surface area (Å²) in [7, 11) is 0. The fourth-order valence-electron chi connectivity index (χ4n) is 12.5. The lowest BCUT2D eigenvalue weighted by atomic mass is 9.43. The monoisotopic (exact) mass is 716 g/mol. The lowest BCUT2D eigenvalue weighted by molar-refractivity contribution is -0.192. The van der Waals surface area contributed by atoms with Crippen molar-refractivity contribution in [1.29, 1.82) is 0 Å². The minimum absolute atomic E-state index is 0.308. The molecule has 5 heteroatoms. The smallest absolute Gasteiger partial charge is 0.0637 e. The molecule has 0 bridgehead atoms. The summed E-state index contributed by atoms with van der Waals surface area (Å²) in [5, 5.41) is 3.82. The number of nitrogens with one attached hydrogen (secondary N) is 1. The van der Waals surface area contributed by atoms with Crippen LogP contribution in [0.25, 0.3) is 0 Å². The second-order valence-corrected chi connectivity index (χ2v) is 18.8. The Morgan fingerprint density at radius 3 is 1.90 bits per heavy atom. The molecule has 0 aliphatic heterocycles. The van der Waals surface area contributed by atoms with Gasteiger partial charge >= 0.3 is 0 Å². The highest BCUT2D eigenvalue weighted by Crippen LogP contribution is 2.69. The average Bonchev–Trinajstić information content (AvgIpc) is 3.49. The topological polar surface area (TPSA) is 82.5 Å². The molecule has 0 aromatic heterocycles. The molecule has 0 aromatic carbocycles. The first kappa shape index (κ1) is 43.5. The quantitative estimate of drug-likeness (QED) is 0.0703. The van der Waals surface area contributed by atoms with Crippen molar-refractivity contribution in [2.45, 2.75) is 207 Å². The van der Waals surface area contributed by atoms with Crippen molar-refractivity contribution in [2.75, 3.05) is 39.4 Å². The largest absolute Gasteiger partial charge is 0.378 e. The Morgan fingerprint density at radius 2 is 1.25 bits per heavy atom. The van der Waals surface area contributed by atoms with Crippen LogP contribution in [-0.2, 0) is 9.47 Å². The Kier molecular flexibility index (Phi) is 20.2. The second-order valence-electron chi connectivity index (χ2n) is 18.8. The van der Waals surface area contributed by atoms with Gasteiger partial charge in [0.15, 0.2) is 0 Å². The maximum atomic E-state index is 6.99. The van der Waals surface area contributed by atoms with E-state index in [0.717, 1.165) is 74.7 Å². The average molecular weight is 716 g/mol. The summed E-state index contributed by atoms with van der Waals surface area (Å²) in [5.74, 6) is 4.86. The molecule has 0 radical (unpaired) electrons. The van der Waals surface area contributed by atoms with Gasteiger partial charge in [0.2, 0.25) is 0 Å². The van der Waals surface area contributed by atoms with Gasteiger partial charge in [-0.15, -0.1) is 0 Å². The van der Waals surface area contributed by atoms with Crippen molar-refractivity contribution in [3.63, 3.8) is 0 Å². The molecule has 0 saturated heterocycles. The summed E-state index contributed by atoms with van der Waals surface area (Å²) >= 11 is 0. The van der Waals surface area contributed by atoms with Crippen LogP contribution in [0.2, 0.25) is 0 Å². The summed E-state index contributed by atoms with van der Waals surface area (Å²) in [6.07, 6.45) is 36.3. The minimum atomic E-state index is 0.308. The summed E-state index contributed by atoms with van der Waals surface area (Å²) in [5.41, 5.74) is 12.5. The van der Waals surface area contributed by atoms with Crippen molar-refractivity contribution in [2.24, 2.45) is 57.8 Å². The SMILES string of the molecule is CCCCCCCCCCCCCCCCNCCC[C@@H](C)[C@H]1CC[C@H]2C3CCC4C[C@H](OCCCN)CCC4(C)[C@H]3C[C@H](OCCCN)[C@]12C. The third-order valence-electron chi connectivity index (χ3n) is 15.5. The molecule has 4 fully saturated rings. The van der Waals surface area contributed by atoms with E-state index in [1.54, 1.807) is 0 Å². The van der Waals surface area contributed by atoms with E-state index < -0.39 is 0 Å². The van der Waals surface area contributed by atoms with Gasteiger partial charge in [-0.3, -0.25) is 0 Å². The van der Waals surface area contributed by atoms with Crippen LogP contribution in [0.1, 0.15) is 195 Å². The van der Waals surface area contributed by atoms with Crippen molar-refractivity contribution in [3.05, 3.63) is 0 Å². The van der Waals surface area contributed by atoms with Crippen molar-refractivity contribution in [1.82, 2.24) is 5.32 Å². The molecule has 4 aliphatic carbocycles. The Hall–Kier alpha value is -0.200. The Labute approximate surface area is 318 Å². The predicted octanol–water partition coefficient (Wildman–Crippen LogP) is 11.2. The van der Waals surface area contributed by atoms with Crippen LogP contribution < -0.4 is 16.8 Å². The number of hydrogen-bond acceptors (Lipinski definition) is 5. The van der Waals surface area contributed by atoms with E-state index >= 15 is 0 Å². The molecule has 51 heavy (non-hydrogen) atoms. The van der Waals surface area contributed by atoms with Crippen LogP contribution in [0.3, 0.4) is 0 Å². The van der Waals surface area contributed by atoms with Crippen molar-refractivity contribution < 1.29 is 9.47 Å².